The standard InChI is InChI=1S/C29H27N3O4S/c1-19-8-14-23(15-9-19)37(34,35)24(18-30)17-25-27(31-26-20(2)7-6-16-32(26)28(25)33)36-22-12-10-21(11-13-22)29(3,4)5/h6-17H,1-5H3. The third-order valence-corrected chi connectivity index (χ3v) is 7.67. The lowest BCUT2D eigenvalue weighted by Gasteiger charge is -2.19. The lowest BCUT2D eigenvalue weighted by molar-refractivity contribution is 0.460. The number of hydrogen-bond acceptors (Lipinski definition) is 6. The number of fused-ring (bicyclic) bond motifs is 1. The van der Waals surface area contributed by atoms with Crippen LogP contribution in [-0.4, -0.2) is 17.8 Å². The van der Waals surface area contributed by atoms with Gasteiger partial charge in [0.15, 0.2) is 0 Å². The predicted molar refractivity (Wildman–Crippen MR) is 143 cm³/mol. The van der Waals surface area contributed by atoms with Gasteiger partial charge in [-0.25, -0.2) is 8.42 Å². The Kier molecular flexibility index (Phi) is 6.76. The Morgan fingerprint density at radius 1 is 1.03 bits per heavy atom. The van der Waals surface area contributed by atoms with Gasteiger partial charge in [0.25, 0.3) is 5.56 Å². The molecule has 7 nitrogen and oxygen atoms in total. The number of ether oxygens (including phenoxy) is 1. The average molecular weight is 514 g/mol. The van der Waals surface area contributed by atoms with Crippen molar-refractivity contribution in [3.63, 3.8) is 0 Å². The van der Waals surface area contributed by atoms with E-state index in [1.807, 2.05) is 32.0 Å². The fraction of sp³-hybridized carbons (Fsp3) is 0.207. The topological polar surface area (TPSA) is 102 Å². The molecule has 0 aliphatic carbocycles. The molecular formula is C29H27N3O4S. The first-order chi connectivity index (χ1) is 17.4. The summed E-state index contributed by atoms with van der Waals surface area (Å²) < 4.78 is 33.8. The summed E-state index contributed by atoms with van der Waals surface area (Å²) in [7, 11) is -4.19. The smallest absolute Gasteiger partial charge is 0.269 e. The van der Waals surface area contributed by atoms with Gasteiger partial charge in [-0.2, -0.15) is 10.2 Å². The molecule has 188 valence electrons. The van der Waals surface area contributed by atoms with Gasteiger partial charge in [-0.15, -0.1) is 0 Å². The predicted octanol–water partition coefficient (Wildman–Crippen LogP) is 5.74. The maximum atomic E-state index is 13.5. The highest BCUT2D eigenvalue weighted by Crippen LogP contribution is 2.29. The molecule has 2 aromatic carbocycles. The van der Waals surface area contributed by atoms with Gasteiger partial charge in [0.05, 0.1) is 4.90 Å². The van der Waals surface area contributed by atoms with Crippen LogP contribution in [0.2, 0.25) is 0 Å². The second-order valence-corrected chi connectivity index (χ2v) is 11.8. The summed E-state index contributed by atoms with van der Waals surface area (Å²) in [6.07, 6.45) is 2.58. The van der Waals surface area contributed by atoms with Crippen molar-refractivity contribution in [3.05, 3.63) is 104 Å². The maximum Gasteiger partial charge on any atom is 0.269 e. The molecule has 4 aromatic rings. The third kappa shape index (κ3) is 5.18. The average Bonchev–Trinajstić information content (AvgIpc) is 2.84. The van der Waals surface area contributed by atoms with Crippen LogP contribution >= 0.6 is 0 Å². The third-order valence-electron chi connectivity index (χ3n) is 5.99. The van der Waals surface area contributed by atoms with Crippen molar-refractivity contribution < 1.29 is 13.2 Å². The van der Waals surface area contributed by atoms with E-state index < -0.39 is 20.3 Å². The van der Waals surface area contributed by atoms with Crippen LogP contribution in [-0.2, 0) is 15.3 Å². The molecule has 0 saturated carbocycles. The van der Waals surface area contributed by atoms with E-state index in [4.69, 9.17) is 4.74 Å². The SMILES string of the molecule is Cc1ccc(S(=O)(=O)C(C#N)=Cc2c(Oc3ccc(C(C)(C)C)cc3)nc3c(C)cccn3c2=O)cc1. The Bertz CT molecular complexity index is 1720. The summed E-state index contributed by atoms with van der Waals surface area (Å²) in [5.41, 5.74) is 2.31. The zero-order chi connectivity index (χ0) is 27.0. The monoisotopic (exact) mass is 513 g/mol. The van der Waals surface area contributed by atoms with Crippen LogP contribution in [0.5, 0.6) is 11.6 Å². The van der Waals surface area contributed by atoms with Gasteiger partial charge in [0.1, 0.15) is 27.9 Å². The van der Waals surface area contributed by atoms with Crippen LogP contribution < -0.4 is 10.3 Å². The van der Waals surface area contributed by atoms with E-state index >= 15 is 0 Å². The first-order valence-corrected chi connectivity index (χ1v) is 13.1. The van der Waals surface area contributed by atoms with Crippen LogP contribution in [0, 0.1) is 25.2 Å². The Labute approximate surface area is 216 Å². The van der Waals surface area contributed by atoms with Crippen molar-refractivity contribution in [2.45, 2.75) is 44.9 Å². The molecule has 4 rings (SSSR count). The number of sulfone groups is 1. The van der Waals surface area contributed by atoms with Crippen LogP contribution in [0.1, 0.15) is 43.0 Å². The molecule has 8 heteroatoms. The number of allylic oxidation sites excluding steroid dienone is 1. The molecule has 0 amide bonds. The molecule has 0 aliphatic heterocycles. The summed E-state index contributed by atoms with van der Waals surface area (Å²) in [6.45, 7) is 9.93. The number of nitriles is 1. The first-order valence-electron chi connectivity index (χ1n) is 11.7. The maximum absolute atomic E-state index is 13.5. The van der Waals surface area contributed by atoms with Gasteiger partial charge < -0.3 is 4.74 Å². The van der Waals surface area contributed by atoms with Crippen molar-refractivity contribution in [3.8, 4) is 17.7 Å². The quantitative estimate of drug-likeness (QED) is 0.315. The lowest BCUT2D eigenvalue weighted by Crippen LogP contribution is -2.20. The first kappa shape index (κ1) is 25.9. The zero-order valence-corrected chi connectivity index (χ0v) is 22.1. The van der Waals surface area contributed by atoms with Gasteiger partial charge in [-0.1, -0.05) is 56.7 Å². The molecule has 0 fully saturated rings. The Morgan fingerprint density at radius 2 is 1.68 bits per heavy atom. The fourth-order valence-electron chi connectivity index (χ4n) is 3.77. The van der Waals surface area contributed by atoms with E-state index in [2.05, 4.69) is 25.8 Å². The van der Waals surface area contributed by atoms with Crippen LogP contribution in [0.25, 0.3) is 11.7 Å². The summed E-state index contributed by atoms with van der Waals surface area (Å²) in [6, 6.07) is 18.8. The second-order valence-electron chi connectivity index (χ2n) is 9.83. The molecule has 0 saturated heterocycles. The summed E-state index contributed by atoms with van der Waals surface area (Å²) in [5, 5.41) is 9.81. The minimum atomic E-state index is -4.19. The highest BCUT2D eigenvalue weighted by atomic mass is 32.2. The van der Waals surface area contributed by atoms with E-state index in [9.17, 15) is 18.5 Å². The fourth-order valence-corrected chi connectivity index (χ4v) is 4.91. The van der Waals surface area contributed by atoms with Crippen molar-refractivity contribution in [1.82, 2.24) is 9.38 Å². The molecule has 0 unspecified atom stereocenters. The van der Waals surface area contributed by atoms with Crippen molar-refractivity contribution >= 4 is 21.6 Å². The van der Waals surface area contributed by atoms with Crippen molar-refractivity contribution in [1.29, 1.82) is 5.26 Å². The molecule has 2 heterocycles. The number of rotatable bonds is 5. The highest BCUT2D eigenvalue weighted by molar-refractivity contribution is 7.95. The van der Waals surface area contributed by atoms with Gasteiger partial charge in [-0.05, 0) is 66.8 Å². The largest absolute Gasteiger partial charge is 0.438 e. The minimum Gasteiger partial charge on any atom is -0.438 e. The molecular weight excluding hydrogens is 486 g/mol. The highest BCUT2D eigenvalue weighted by Gasteiger charge is 2.24. The normalized spacial score (nSPS) is 12.4. The molecule has 0 radical (unpaired) electrons. The summed E-state index contributed by atoms with van der Waals surface area (Å²) in [5.74, 6) is 0.335. The number of pyridine rings is 1. The minimum absolute atomic E-state index is 0.0455. The summed E-state index contributed by atoms with van der Waals surface area (Å²) in [4.78, 5) is 17.4. The molecule has 0 N–H and O–H groups in total. The van der Waals surface area contributed by atoms with Gasteiger partial charge in [0, 0.05) is 6.20 Å². The molecule has 0 bridgehead atoms. The van der Waals surface area contributed by atoms with Crippen LogP contribution in [0.15, 0.2) is 81.5 Å². The van der Waals surface area contributed by atoms with Crippen LogP contribution in [0.4, 0.5) is 0 Å². The van der Waals surface area contributed by atoms with E-state index in [0.717, 1.165) is 22.8 Å². The second kappa shape index (κ2) is 9.68. The van der Waals surface area contributed by atoms with Crippen LogP contribution in [0.3, 0.4) is 0 Å². The van der Waals surface area contributed by atoms with Crippen molar-refractivity contribution in [2.24, 2.45) is 0 Å². The number of nitrogens with zero attached hydrogens (tertiary/aromatic N) is 3. The molecule has 2 aromatic heterocycles. The molecule has 0 aliphatic rings. The van der Waals surface area contributed by atoms with E-state index in [1.165, 1.54) is 22.7 Å². The number of aryl methyl sites for hydroxylation is 2. The Morgan fingerprint density at radius 3 is 2.27 bits per heavy atom. The number of hydrogen-bond donors (Lipinski definition) is 0. The molecule has 0 spiro atoms. The van der Waals surface area contributed by atoms with Gasteiger partial charge in [-0.3, -0.25) is 9.20 Å². The number of aromatic nitrogens is 2. The number of benzene rings is 2. The molecule has 0 atom stereocenters. The summed E-state index contributed by atoms with van der Waals surface area (Å²) >= 11 is 0. The van der Waals surface area contributed by atoms with E-state index in [1.54, 1.807) is 36.4 Å². The Hall–Kier alpha value is -4.22. The van der Waals surface area contributed by atoms with Gasteiger partial charge in [0.2, 0.25) is 15.7 Å². The van der Waals surface area contributed by atoms with Gasteiger partial charge >= 0.3 is 0 Å². The van der Waals surface area contributed by atoms with Crippen molar-refractivity contribution in [2.75, 3.05) is 0 Å². The van der Waals surface area contributed by atoms with E-state index in [-0.39, 0.29) is 21.8 Å². The molecule has 37 heavy (non-hydrogen) atoms. The Balaban J connectivity index is 1.91. The zero-order valence-electron chi connectivity index (χ0n) is 21.3. The van der Waals surface area contributed by atoms with E-state index in [0.29, 0.717) is 11.4 Å². The lowest BCUT2D eigenvalue weighted by atomic mass is 9.87.